The van der Waals surface area contributed by atoms with Crippen molar-refractivity contribution in [3.63, 3.8) is 0 Å². The average Bonchev–Trinajstić information content (AvgIpc) is 2.64. The molecule has 0 saturated heterocycles. The summed E-state index contributed by atoms with van der Waals surface area (Å²) in [6.45, 7) is 4.11. The van der Waals surface area contributed by atoms with Gasteiger partial charge in [-0.1, -0.05) is 17.2 Å². The zero-order chi connectivity index (χ0) is 10.8. The van der Waals surface area contributed by atoms with Gasteiger partial charge in [-0.25, -0.2) is 4.98 Å². The Balaban J connectivity index is 2.44. The van der Waals surface area contributed by atoms with Gasteiger partial charge in [0.25, 0.3) is 0 Å². The Morgan fingerprint density at radius 1 is 1.20 bits per heavy atom. The highest BCUT2D eigenvalue weighted by Gasteiger charge is 2.06. The van der Waals surface area contributed by atoms with Gasteiger partial charge in [-0.2, -0.15) is 0 Å². The summed E-state index contributed by atoms with van der Waals surface area (Å²) in [7, 11) is 0. The molecule has 0 N–H and O–H groups in total. The fourth-order valence-electron chi connectivity index (χ4n) is 1.60. The summed E-state index contributed by atoms with van der Waals surface area (Å²) in [5.41, 5.74) is 3.41. The third-order valence-electron chi connectivity index (χ3n) is 2.15. The van der Waals surface area contributed by atoms with Crippen LogP contribution in [0.5, 0.6) is 0 Å². The zero-order valence-electron chi connectivity index (χ0n) is 8.75. The lowest BCUT2D eigenvalue weighted by Crippen LogP contribution is -1.82. The van der Waals surface area contributed by atoms with E-state index in [1.807, 2.05) is 0 Å². The number of hydrogen-bond acceptors (Lipinski definition) is 2. The van der Waals surface area contributed by atoms with Gasteiger partial charge < -0.3 is 4.42 Å². The summed E-state index contributed by atoms with van der Waals surface area (Å²) in [4.78, 5) is 4.19. The largest absolute Gasteiger partial charge is 0.440 e. The lowest BCUT2D eigenvalue weighted by Gasteiger charge is -2.00. The SMILES string of the molecule is Cc1cc(C)cc(-c2ncc(CCl)o2)c1. The molecule has 0 radical (unpaired) electrons. The molecule has 0 fully saturated rings. The van der Waals surface area contributed by atoms with Crippen LogP contribution in [0, 0.1) is 13.8 Å². The second kappa shape index (κ2) is 4.07. The Labute approximate surface area is 93.9 Å². The Hall–Kier alpha value is -1.28. The number of hydrogen-bond donors (Lipinski definition) is 0. The highest BCUT2D eigenvalue weighted by molar-refractivity contribution is 6.16. The van der Waals surface area contributed by atoms with E-state index in [1.54, 1.807) is 6.20 Å². The van der Waals surface area contributed by atoms with Crippen molar-refractivity contribution in [2.45, 2.75) is 19.7 Å². The van der Waals surface area contributed by atoms with E-state index in [0.717, 1.165) is 5.56 Å². The van der Waals surface area contributed by atoms with Gasteiger partial charge in [0.2, 0.25) is 5.89 Å². The standard InChI is InChI=1S/C12H12ClNO/c1-8-3-9(2)5-10(4-8)12-14-7-11(6-13)15-12/h3-5,7H,6H2,1-2H3. The van der Waals surface area contributed by atoms with Gasteiger partial charge in [0.05, 0.1) is 12.1 Å². The summed E-state index contributed by atoms with van der Waals surface area (Å²) in [5.74, 6) is 1.70. The van der Waals surface area contributed by atoms with Gasteiger partial charge >= 0.3 is 0 Å². The number of halogens is 1. The van der Waals surface area contributed by atoms with E-state index in [9.17, 15) is 0 Å². The van der Waals surface area contributed by atoms with Crippen LogP contribution < -0.4 is 0 Å². The molecule has 0 unspecified atom stereocenters. The van der Waals surface area contributed by atoms with Crippen molar-refractivity contribution in [1.29, 1.82) is 0 Å². The molecule has 0 amide bonds. The lowest BCUT2D eigenvalue weighted by atomic mass is 10.1. The molecule has 1 aromatic carbocycles. The highest BCUT2D eigenvalue weighted by atomic mass is 35.5. The Bertz CT molecular complexity index is 456. The van der Waals surface area contributed by atoms with E-state index in [2.05, 4.69) is 37.0 Å². The zero-order valence-corrected chi connectivity index (χ0v) is 9.51. The molecule has 0 aliphatic carbocycles. The molecule has 1 aromatic heterocycles. The van der Waals surface area contributed by atoms with Crippen molar-refractivity contribution in [2.75, 3.05) is 0 Å². The Morgan fingerprint density at radius 3 is 2.40 bits per heavy atom. The maximum absolute atomic E-state index is 5.66. The third kappa shape index (κ3) is 2.21. The predicted octanol–water partition coefficient (Wildman–Crippen LogP) is 3.70. The second-order valence-corrected chi connectivity index (χ2v) is 3.91. The first kappa shape index (κ1) is 10.2. The van der Waals surface area contributed by atoms with Gasteiger partial charge in [0.15, 0.2) is 0 Å². The van der Waals surface area contributed by atoms with Crippen molar-refractivity contribution in [2.24, 2.45) is 0 Å². The number of rotatable bonds is 2. The predicted molar refractivity (Wildman–Crippen MR) is 61.0 cm³/mol. The molecule has 0 spiro atoms. The minimum absolute atomic E-state index is 0.359. The van der Waals surface area contributed by atoms with E-state index in [1.165, 1.54) is 11.1 Å². The molecule has 78 valence electrons. The topological polar surface area (TPSA) is 26.0 Å². The highest BCUT2D eigenvalue weighted by Crippen LogP contribution is 2.22. The molecular formula is C12H12ClNO. The molecule has 3 heteroatoms. The normalized spacial score (nSPS) is 10.6. The second-order valence-electron chi connectivity index (χ2n) is 3.64. The van der Waals surface area contributed by atoms with Crippen LogP contribution in [-0.2, 0) is 5.88 Å². The van der Waals surface area contributed by atoms with Gasteiger partial charge in [-0.05, 0) is 26.0 Å². The minimum atomic E-state index is 0.359. The Kier molecular flexibility index (Phi) is 2.78. The van der Waals surface area contributed by atoms with E-state index >= 15 is 0 Å². The molecule has 2 nitrogen and oxygen atoms in total. The van der Waals surface area contributed by atoms with E-state index < -0.39 is 0 Å². The van der Waals surface area contributed by atoms with Crippen molar-refractivity contribution in [1.82, 2.24) is 4.98 Å². The van der Waals surface area contributed by atoms with Crippen molar-refractivity contribution >= 4 is 11.6 Å². The van der Waals surface area contributed by atoms with Crippen LogP contribution in [-0.4, -0.2) is 4.98 Å². The Morgan fingerprint density at radius 2 is 1.87 bits per heavy atom. The van der Waals surface area contributed by atoms with Crippen LogP contribution in [0.4, 0.5) is 0 Å². The summed E-state index contributed by atoms with van der Waals surface area (Å²) >= 11 is 5.66. The number of oxazole rings is 1. The smallest absolute Gasteiger partial charge is 0.226 e. The van der Waals surface area contributed by atoms with Crippen LogP contribution >= 0.6 is 11.6 Å². The van der Waals surface area contributed by atoms with E-state index in [0.29, 0.717) is 17.5 Å². The van der Waals surface area contributed by atoms with Gasteiger partial charge in [-0.3, -0.25) is 0 Å². The molecule has 15 heavy (non-hydrogen) atoms. The molecule has 1 heterocycles. The maximum atomic E-state index is 5.66. The number of aryl methyl sites for hydroxylation is 2. The average molecular weight is 222 g/mol. The molecule has 0 bridgehead atoms. The van der Waals surface area contributed by atoms with E-state index in [4.69, 9.17) is 16.0 Å². The lowest BCUT2D eigenvalue weighted by molar-refractivity contribution is 0.537. The number of nitrogens with zero attached hydrogens (tertiary/aromatic N) is 1. The molecule has 2 rings (SSSR count). The summed E-state index contributed by atoms with van der Waals surface area (Å²) in [6.07, 6.45) is 1.67. The van der Waals surface area contributed by atoms with Crippen LogP contribution in [0.3, 0.4) is 0 Å². The summed E-state index contributed by atoms with van der Waals surface area (Å²) < 4.78 is 5.49. The molecule has 2 aromatic rings. The number of benzene rings is 1. The van der Waals surface area contributed by atoms with Crippen LogP contribution in [0.25, 0.3) is 11.5 Å². The summed E-state index contributed by atoms with van der Waals surface area (Å²) in [5, 5.41) is 0. The fourth-order valence-corrected chi connectivity index (χ4v) is 1.72. The first-order valence-electron chi connectivity index (χ1n) is 4.78. The van der Waals surface area contributed by atoms with Crippen LogP contribution in [0.1, 0.15) is 16.9 Å². The van der Waals surface area contributed by atoms with Crippen molar-refractivity contribution < 1.29 is 4.42 Å². The maximum Gasteiger partial charge on any atom is 0.226 e. The fraction of sp³-hybridized carbons (Fsp3) is 0.250. The monoisotopic (exact) mass is 221 g/mol. The molecular weight excluding hydrogens is 210 g/mol. The van der Waals surface area contributed by atoms with Gasteiger partial charge in [-0.15, -0.1) is 11.6 Å². The first-order valence-corrected chi connectivity index (χ1v) is 5.32. The molecule has 0 aliphatic rings. The van der Waals surface area contributed by atoms with Crippen LogP contribution in [0.2, 0.25) is 0 Å². The quantitative estimate of drug-likeness (QED) is 0.723. The van der Waals surface area contributed by atoms with Crippen molar-refractivity contribution in [3.05, 3.63) is 41.3 Å². The number of aromatic nitrogens is 1. The van der Waals surface area contributed by atoms with Crippen molar-refractivity contribution in [3.8, 4) is 11.5 Å². The first-order chi connectivity index (χ1) is 7.19. The minimum Gasteiger partial charge on any atom is -0.440 e. The summed E-state index contributed by atoms with van der Waals surface area (Å²) in [6, 6.07) is 6.22. The third-order valence-corrected chi connectivity index (χ3v) is 2.42. The van der Waals surface area contributed by atoms with Gasteiger partial charge in [0.1, 0.15) is 5.76 Å². The number of alkyl halides is 1. The molecule has 0 saturated carbocycles. The van der Waals surface area contributed by atoms with Crippen LogP contribution in [0.15, 0.2) is 28.8 Å². The molecule has 0 atom stereocenters. The molecule has 0 aliphatic heterocycles. The van der Waals surface area contributed by atoms with E-state index in [-0.39, 0.29) is 0 Å². The van der Waals surface area contributed by atoms with Gasteiger partial charge in [0, 0.05) is 5.56 Å².